The summed E-state index contributed by atoms with van der Waals surface area (Å²) < 4.78 is 4.07. The summed E-state index contributed by atoms with van der Waals surface area (Å²) in [6.45, 7) is 2.20. The Kier molecular flexibility index (Phi) is 4.07. The standard InChI is InChI=1S/C13H14N2O2S/c1-9-12(8-18-15-9)13(17)14-6-10-4-2-3-5-11(10)7-16/h2-5,8,16H,6-7H2,1H3,(H,14,17). The molecule has 0 aliphatic carbocycles. The van der Waals surface area contributed by atoms with Gasteiger partial charge in [-0.25, -0.2) is 0 Å². The molecule has 0 unspecified atom stereocenters. The number of carbonyl (C=O) groups excluding carboxylic acids is 1. The number of nitrogens with zero attached hydrogens (tertiary/aromatic N) is 1. The zero-order valence-electron chi connectivity index (χ0n) is 10.0. The summed E-state index contributed by atoms with van der Waals surface area (Å²) in [5.74, 6) is -0.131. The lowest BCUT2D eigenvalue weighted by molar-refractivity contribution is 0.0950. The van der Waals surface area contributed by atoms with Gasteiger partial charge in [-0.3, -0.25) is 4.79 Å². The predicted octanol–water partition coefficient (Wildman–Crippen LogP) is 1.87. The summed E-state index contributed by atoms with van der Waals surface area (Å²) in [6.07, 6.45) is 0. The fourth-order valence-electron chi connectivity index (χ4n) is 1.67. The molecule has 94 valence electrons. The summed E-state index contributed by atoms with van der Waals surface area (Å²) in [5.41, 5.74) is 3.11. The highest BCUT2D eigenvalue weighted by Crippen LogP contribution is 2.11. The zero-order valence-corrected chi connectivity index (χ0v) is 10.8. The molecule has 1 heterocycles. The minimum atomic E-state index is -0.131. The third-order valence-corrected chi connectivity index (χ3v) is 3.44. The van der Waals surface area contributed by atoms with Crippen molar-refractivity contribution in [2.75, 3.05) is 0 Å². The van der Waals surface area contributed by atoms with E-state index in [2.05, 4.69) is 9.69 Å². The first-order valence-electron chi connectivity index (χ1n) is 5.59. The van der Waals surface area contributed by atoms with Gasteiger partial charge >= 0.3 is 0 Å². The van der Waals surface area contributed by atoms with Crippen LogP contribution in [0.3, 0.4) is 0 Å². The van der Waals surface area contributed by atoms with E-state index in [1.165, 1.54) is 11.5 Å². The lowest BCUT2D eigenvalue weighted by atomic mass is 10.1. The minimum absolute atomic E-state index is 0.0227. The minimum Gasteiger partial charge on any atom is -0.392 e. The number of rotatable bonds is 4. The van der Waals surface area contributed by atoms with Gasteiger partial charge in [0.05, 0.1) is 17.9 Å². The number of hydrogen-bond acceptors (Lipinski definition) is 4. The number of benzene rings is 1. The van der Waals surface area contributed by atoms with Gasteiger partial charge in [0.15, 0.2) is 0 Å². The molecule has 0 aliphatic rings. The molecule has 1 aromatic heterocycles. The number of nitrogens with one attached hydrogen (secondary N) is 1. The molecule has 0 atom stereocenters. The van der Waals surface area contributed by atoms with Crippen molar-refractivity contribution >= 4 is 17.4 Å². The lowest BCUT2D eigenvalue weighted by Crippen LogP contribution is -2.23. The second-order valence-corrected chi connectivity index (χ2v) is 4.55. The Bertz CT molecular complexity index is 551. The third-order valence-electron chi connectivity index (χ3n) is 2.72. The molecule has 0 bridgehead atoms. The topological polar surface area (TPSA) is 62.2 Å². The Morgan fingerprint density at radius 2 is 2.11 bits per heavy atom. The molecule has 0 aliphatic heterocycles. The summed E-state index contributed by atoms with van der Waals surface area (Å²) in [6, 6.07) is 7.49. The van der Waals surface area contributed by atoms with Crippen molar-refractivity contribution in [1.29, 1.82) is 0 Å². The van der Waals surface area contributed by atoms with E-state index in [-0.39, 0.29) is 12.5 Å². The van der Waals surface area contributed by atoms with Crippen molar-refractivity contribution < 1.29 is 9.90 Å². The number of amides is 1. The number of carbonyl (C=O) groups is 1. The SMILES string of the molecule is Cc1nscc1C(=O)NCc1ccccc1CO. The second-order valence-electron chi connectivity index (χ2n) is 3.92. The van der Waals surface area contributed by atoms with Gasteiger partial charge in [-0.2, -0.15) is 4.37 Å². The molecule has 2 N–H and O–H groups in total. The average molecular weight is 262 g/mol. The highest BCUT2D eigenvalue weighted by Gasteiger charge is 2.11. The Morgan fingerprint density at radius 1 is 1.39 bits per heavy atom. The third kappa shape index (κ3) is 2.75. The monoisotopic (exact) mass is 262 g/mol. The molecule has 2 rings (SSSR count). The van der Waals surface area contributed by atoms with Gasteiger partial charge in [0.25, 0.3) is 5.91 Å². The molecule has 18 heavy (non-hydrogen) atoms. The molecule has 1 aromatic carbocycles. The zero-order chi connectivity index (χ0) is 13.0. The van der Waals surface area contributed by atoms with Crippen LogP contribution in [0.25, 0.3) is 0 Å². The number of hydrogen-bond donors (Lipinski definition) is 2. The quantitative estimate of drug-likeness (QED) is 0.884. The van der Waals surface area contributed by atoms with Gasteiger partial charge in [-0.1, -0.05) is 24.3 Å². The van der Waals surface area contributed by atoms with Gasteiger partial charge in [-0.15, -0.1) is 0 Å². The van der Waals surface area contributed by atoms with Gasteiger partial charge in [0, 0.05) is 11.9 Å². The molecule has 0 spiro atoms. The fourth-order valence-corrected chi connectivity index (χ4v) is 2.36. The molecule has 0 radical (unpaired) electrons. The van der Waals surface area contributed by atoms with Gasteiger partial charge < -0.3 is 10.4 Å². The lowest BCUT2D eigenvalue weighted by Gasteiger charge is -2.08. The van der Waals surface area contributed by atoms with Crippen LogP contribution in [0.15, 0.2) is 29.6 Å². The van der Waals surface area contributed by atoms with Crippen LogP contribution < -0.4 is 5.32 Å². The van der Waals surface area contributed by atoms with E-state index >= 15 is 0 Å². The number of aliphatic hydroxyl groups excluding tert-OH is 1. The van der Waals surface area contributed by atoms with Gasteiger partial charge in [0.1, 0.15) is 0 Å². The number of aryl methyl sites for hydroxylation is 1. The van der Waals surface area contributed by atoms with E-state index < -0.39 is 0 Å². The summed E-state index contributed by atoms with van der Waals surface area (Å²) in [5, 5.41) is 13.8. The fraction of sp³-hybridized carbons (Fsp3) is 0.231. The van der Waals surface area contributed by atoms with Crippen molar-refractivity contribution in [2.45, 2.75) is 20.1 Å². The van der Waals surface area contributed by atoms with E-state index in [0.717, 1.165) is 16.8 Å². The van der Waals surface area contributed by atoms with Gasteiger partial charge in [0.2, 0.25) is 0 Å². The largest absolute Gasteiger partial charge is 0.392 e. The number of aromatic nitrogens is 1. The predicted molar refractivity (Wildman–Crippen MR) is 70.4 cm³/mol. The first-order chi connectivity index (χ1) is 8.72. The van der Waals surface area contributed by atoms with Crippen LogP contribution in [0.2, 0.25) is 0 Å². The van der Waals surface area contributed by atoms with Crippen LogP contribution in [0.4, 0.5) is 0 Å². The Hall–Kier alpha value is -1.72. The molecule has 0 saturated carbocycles. The molecule has 0 saturated heterocycles. The Balaban J connectivity index is 2.04. The van der Waals surface area contributed by atoms with Crippen molar-refractivity contribution in [1.82, 2.24) is 9.69 Å². The molecule has 1 amide bonds. The smallest absolute Gasteiger partial charge is 0.254 e. The molecule has 2 aromatic rings. The highest BCUT2D eigenvalue weighted by atomic mass is 32.1. The van der Waals surface area contributed by atoms with Crippen LogP contribution in [0.5, 0.6) is 0 Å². The summed E-state index contributed by atoms with van der Waals surface area (Å²) >= 11 is 1.27. The van der Waals surface area contributed by atoms with Crippen LogP contribution in [-0.2, 0) is 13.2 Å². The second kappa shape index (κ2) is 5.75. The maximum Gasteiger partial charge on any atom is 0.254 e. The van der Waals surface area contributed by atoms with Crippen LogP contribution in [0, 0.1) is 6.92 Å². The van der Waals surface area contributed by atoms with Crippen LogP contribution in [-0.4, -0.2) is 15.4 Å². The van der Waals surface area contributed by atoms with E-state index in [9.17, 15) is 9.90 Å². The Labute approximate surface area is 109 Å². The first-order valence-corrected chi connectivity index (χ1v) is 6.43. The maximum atomic E-state index is 11.9. The molecule has 0 fully saturated rings. The van der Waals surface area contributed by atoms with E-state index in [1.807, 2.05) is 31.2 Å². The summed E-state index contributed by atoms with van der Waals surface area (Å²) in [4.78, 5) is 11.9. The highest BCUT2D eigenvalue weighted by molar-refractivity contribution is 7.03. The normalized spacial score (nSPS) is 10.3. The van der Waals surface area contributed by atoms with E-state index in [0.29, 0.717) is 12.1 Å². The molecule has 4 nitrogen and oxygen atoms in total. The first kappa shape index (κ1) is 12.7. The van der Waals surface area contributed by atoms with E-state index in [4.69, 9.17) is 0 Å². The summed E-state index contributed by atoms with van der Waals surface area (Å²) in [7, 11) is 0. The van der Waals surface area contributed by atoms with Crippen LogP contribution in [0.1, 0.15) is 27.2 Å². The van der Waals surface area contributed by atoms with Gasteiger partial charge in [-0.05, 0) is 29.6 Å². The van der Waals surface area contributed by atoms with Crippen molar-refractivity contribution in [2.24, 2.45) is 0 Å². The van der Waals surface area contributed by atoms with E-state index in [1.54, 1.807) is 5.38 Å². The maximum absolute atomic E-state index is 11.9. The molecular formula is C13H14N2O2S. The average Bonchev–Trinajstić information content (AvgIpc) is 2.82. The van der Waals surface area contributed by atoms with Crippen molar-refractivity contribution in [3.63, 3.8) is 0 Å². The number of aliphatic hydroxyl groups is 1. The van der Waals surface area contributed by atoms with Crippen molar-refractivity contribution in [3.8, 4) is 0 Å². The van der Waals surface area contributed by atoms with Crippen LogP contribution >= 0.6 is 11.5 Å². The molecule has 5 heteroatoms. The Morgan fingerprint density at radius 3 is 2.72 bits per heavy atom. The van der Waals surface area contributed by atoms with Crippen molar-refractivity contribution in [3.05, 3.63) is 52.0 Å². The molecular weight excluding hydrogens is 248 g/mol.